The molecule has 1 aromatic rings. The molecule has 8 heteroatoms. The monoisotopic (exact) mass is 274 g/mol. The number of anilines is 1. The Labute approximate surface area is 107 Å². The zero-order valence-corrected chi connectivity index (χ0v) is 10.8. The van der Waals surface area contributed by atoms with Gasteiger partial charge in [-0.15, -0.1) is 10.2 Å². The van der Waals surface area contributed by atoms with Crippen molar-refractivity contribution in [3.05, 3.63) is 0 Å². The molecule has 1 fully saturated rings. The van der Waals surface area contributed by atoms with Crippen LogP contribution in [-0.4, -0.2) is 43.1 Å². The highest BCUT2D eigenvalue weighted by molar-refractivity contribution is 7.99. The van der Waals surface area contributed by atoms with E-state index < -0.39 is 5.97 Å². The molecule has 2 rings (SSSR count). The van der Waals surface area contributed by atoms with Crippen LogP contribution in [0.1, 0.15) is 6.42 Å². The van der Waals surface area contributed by atoms with Crippen molar-refractivity contribution in [1.29, 1.82) is 0 Å². The maximum absolute atomic E-state index is 10.5. The fourth-order valence-corrected chi connectivity index (χ4v) is 3.64. The first kappa shape index (κ1) is 12.6. The minimum atomic E-state index is -0.862. The average Bonchev–Trinajstić information content (AvgIpc) is 2.89. The van der Waals surface area contributed by atoms with Crippen LogP contribution in [0.3, 0.4) is 0 Å². The third-order valence-electron chi connectivity index (χ3n) is 2.53. The summed E-state index contributed by atoms with van der Waals surface area (Å²) in [5, 5.41) is 17.0. The van der Waals surface area contributed by atoms with Gasteiger partial charge >= 0.3 is 5.97 Å². The third kappa shape index (κ3) is 3.29. The van der Waals surface area contributed by atoms with E-state index in [4.69, 9.17) is 10.8 Å². The van der Waals surface area contributed by atoms with E-state index >= 15 is 0 Å². The number of carboxylic acid groups (broad SMARTS) is 1. The molecule has 1 aromatic heterocycles. The first-order valence-electron chi connectivity index (χ1n) is 5.28. The van der Waals surface area contributed by atoms with Gasteiger partial charge in [-0.1, -0.05) is 11.8 Å². The van der Waals surface area contributed by atoms with Crippen molar-refractivity contribution in [2.45, 2.75) is 18.1 Å². The lowest BCUT2D eigenvalue weighted by atomic mass is 10.1. The van der Waals surface area contributed by atoms with Crippen molar-refractivity contribution in [2.75, 3.05) is 23.0 Å². The van der Waals surface area contributed by atoms with Crippen LogP contribution in [0, 0.1) is 5.92 Å². The molecular weight excluding hydrogens is 260 g/mol. The van der Waals surface area contributed by atoms with E-state index in [1.54, 1.807) is 0 Å². The van der Waals surface area contributed by atoms with Gasteiger partial charge in [-0.2, -0.15) is 11.8 Å². The Hall–Kier alpha value is -0.890. The number of nitrogens with two attached hydrogens (primary N) is 1. The fraction of sp³-hybridized carbons (Fsp3) is 0.667. The third-order valence-corrected chi connectivity index (χ3v) is 4.72. The summed E-state index contributed by atoms with van der Waals surface area (Å²) < 4.78 is 1.82. The molecule has 1 unspecified atom stereocenters. The number of aliphatic carboxylic acids is 1. The van der Waals surface area contributed by atoms with Gasteiger partial charge < -0.3 is 10.8 Å². The van der Waals surface area contributed by atoms with Crippen molar-refractivity contribution in [3.8, 4) is 0 Å². The summed E-state index contributed by atoms with van der Waals surface area (Å²) in [4.78, 5) is 10.5. The molecule has 0 aliphatic carbocycles. The number of carboxylic acids is 1. The van der Waals surface area contributed by atoms with Gasteiger partial charge in [-0.25, -0.2) is 0 Å². The topological polar surface area (TPSA) is 94.0 Å². The summed E-state index contributed by atoms with van der Waals surface area (Å²) in [6.07, 6.45) is 1.17. The lowest BCUT2D eigenvalue weighted by Gasteiger charge is -2.11. The molecule has 0 spiro atoms. The smallest absolute Gasteiger partial charge is 0.313 e. The van der Waals surface area contributed by atoms with Crippen LogP contribution in [0.4, 0.5) is 5.95 Å². The van der Waals surface area contributed by atoms with E-state index in [-0.39, 0.29) is 5.75 Å². The van der Waals surface area contributed by atoms with Gasteiger partial charge in [0.15, 0.2) is 5.16 Å². The van der Waals surface area contributed by atoms with E-state index in [1.807, 2.05) is 16.3 Å². The van der Waals surface area contributed by atoms with E-state index in [1.165, 1.54) is 12.2 Å². The Morgan fingerprint density at radius 1 is 1.65 bits per heavy atom. The molecule has 6 nitrogen and oxygen atoms in total. The Morgan fingerprint density at radius 3 is 3.12 bits per heavy atom. The Morgan fingerprint density at radius 2 is 2.47 bits per heavy atom. The van der Waals surface area contributed by atoms with Gasteiger partial charge in [0, 0.05) is 6.54 Å². The molecule has 0 bridgehead atoms. The minimum absolute atomic E-state index is 0.0163. The predicted octanol–water partition coefficient (Wildman–Crippen LogP) is 0.790. The van der Waals surface area contributed by atoms with E-state index in [9.17, 15) is 4.79 Å². The number of rotatable bonds is 5. The molecule has 1 aliphatic heterocycles. The average molecular weight is 274 g/mol. The van der Waals surface area contributed by atoms with Crippen LogP contribution in [0.25, 0.3) is 0 Å². The van der Waals surface area contributed by atoms with E-state index in [0.717, 1.165) is 24.1 Å². The molecule has 0 aromatic carbocycles. The van der Waals surface area contributed by atoms with Crippen LogP contribution < -0.4 is 5.73 Å². The van der Waals surface area contributed by atoms with Crippen molar-refractivity contribution >= 4 is 35.4 Å². The first-order chi connectivity index (χ1) is 8.16. The number of hydrogen-bond donors (Lipinski definition) is 2. The molecule has 3 N–H and O–H groups in total. The SMILES string of the molecule is Nc1nnc(SCC(=O)O)n1CC1CCSC1. The zero-order valence-electron chi connectivity index (χ0n) is 9.20. The number of nitrogens with zero attached hydrogens (tertiary/aromatic N) is 3. The molecular formula is C9H14N4O2S2. The van der Waals surface area contributed by atoms with Crippen LogP contribution in [0.5, 0.6) is 0 Å². The van der Waals surface area contributed by atoms with Crippen molar-refractivity contribution in [3.63, 3.8) is 0 Å². The van der Waals surface area contributed by atoms with Crippen molar-refractivity contribution in [1.82, 2.24) is 14.8 Å². The lowest BCUT2D eigenvalue weighted by molar-refractivity contribution is -0.133. The Bertz CT molecular complexity index is 404. The van der Waals surface area contributed by atoms with Crippen LogP contribution in [0.2, 0.25) is 0 Å². The number of aromatic nitrogens is 3. The van der Waals surface area contributed by atoms with Crippen molar-refractivity contribution < 1.29 is 9.90 Å². The highest BCUT2D eigenvalue weighted by Crippen LogP contribution is 2.27. The van der Waals surface area contributed by atoms with Gasteiger partial charge in [0.1, 0.15) is 0 Å². The van der Waals surface area contributed by atoms with E-state index in [0.29, 0.717) is 17.0 Å². The van der Waals surface area contributed by atoms with Gasteiger partial charge in [-0.3, -0.25) is 9.36 Å². The molecule has 0 saturated carbocycles. The summed E-state index contributed by atoms with van der Waals surface area (Å²) in [5.41, 5.74) is 5.75. The molecule has 1 aliphatic rings. The van der Waals surface area contributed by atoms with Gasteiger partial charge in [0.2, 0.25) is 5.95 Å². The summed E-state index contributed by atoms with van der Waals surface area (Å²) in [5.74, 6) is 2.39. The minimum Gasteiger partial charge on any atom is -0.481 e. The van der Waals surface area contributed by atoms with Crippen LogP contribution in [0.15, 0.2) is 5.16 Å². The Balaban J connectivity index is 2.03. The molecule has 1 atom stereocenters. The maximum Gasteiger partial charge on any atom is 0.313 e. The number of nitrogen functional groups attached to an aromatic ring is 1. The highest BCUT2D eigenvalue weighted by Gasteiger charge is 2.20. The van der Waals surface area contributed by atoms with Crippen LogP contribution >= 0.6 is 23.5 Å². The second kappa shape index (κ2) is 5.63. The number of hydrogen-bond acceptors (Lipinski definition) is 6. The summed E-state index contributed by atoms with van der Waals surface area (Å²) in [6.45, 7) is 0.786. The fourth-order valence-electron chi connectivity index (χ4n) is 1.69. The van der Waals surface area contributed by atoms with Crippen LogP contribution in [-0.2, 0) is 11.3 Å². The number of thioether (sulfide) groups is 2. The lowest BCUT2D eigenvalue weighted by Crippen LogP contribution is -2.13. The zero-order chi connectivity index (χ0) is 12.3. The highest BCUT2D eigenvalue weighted by atomic mass is 32.2. The molecule has 1 saturated heterocycles. The maximum atomic E-state index is 10.5. The molecule has 2 heterocycles. The number of carbonyl (C=O) groups is 1. The molecule has 0 radical (unpaired) electrons. The van der Waals surface area contributed by atoms with Gasteiger partial charge in [-0.05, 0) is 23.8 Å². The summed E-state index contributed by atoms with van der Waals surface area (Å²) in [7, 11) is 0. The largest absolute Gasteiger partial charge is 0.481 e. The van der Waals surface area contributed by atoms with E-state index in [2.05, 4.69) is 10.2 Å². The second-order valence-electron chi connectivity index (χ2n) is 3.86. The summed E-state index contributed by atoms with van der Waals surface area (Å²) >= 11 is 3.10. The Kier molecular flexibility index (Phi) is 4.16. The van der Waals surface area contributed by atoms with Gasteiger partial charge in [0.25, 0.3) is 0 Å². The molecule has 0 amide bonds. The molecule has 17 heavy (non-hydrogen) atoms. The molecule has 94 valence electrons. The normalized spacial score (nSPS) is 19.6. The standard InChI is InChI=1S/C9H14N4O2S2/c10-8-11-12-9(17-5-7(14)15)13(8)3-6-1-2-16-4-6/h6H,1-5H2,(H2,10,11)(H,14,15). The first-order valence-corrected chi connectivity index (χ1v) is 7.42. The second-order valence-corrected chi connectivity index (χ2v) is 5.96. The summed E-state index contributed by atoms with van der Waals surface area (Å²) in [6, 6.07) is 0. The van der Waals surface area contributed by atoms with Crippen molar-refractivity contribution in [2.24, 2.45) is 5.92 Å². The van der Waals surface area contributed by atoms with Gasteiger partial charge in [0.05, 0.1) is 5.75 Å². The quantitative estimate of drug-likeness (QED) is 0.766. The predicted molar refractivity (Wildman–Crippen MR) is 68.2 cm³/mol.